The van der Waals surface area contributed by atoms with Crippen molar-refractivity contribution in [3.8, 4) is 11.1 Å². The molecule has 3 aromatic carbocycles. The minimum absolute atomic E-state index is 0.0515. The number of nitrogens with one attached hydrogen (secondary N) is 2. The number of H-pyrrole nitrogens is 1. The first kappa shape index (κ1) is 17.1. The van der Waals surface area contributed by atoms with Gasteiger partial charge >= 0.3 is 0 Å². The maximum atomic E-state index is 13.0. The highest BCUT2D eigenvalue weighted by molar-refractivity contribution is 6.21. The summed E-state index contributed by atoms with van der Waals surface area (Å²) in [5.41, 5.74) is 6.54. The number of aromatic nitrogens is 1. The smallest absolute Gasteiger partial charge is 0.252 e. The molecular formula is C24H19ClN2O2. The second-order valence-electron chi connectivity index (χ2n) is 8.26. The SMILES string of the molecule is CC(O)(CCl)C1c2ccccc2-c2c3c(c4c([nH]c5ccccc54)c21)CNC3=O. The average molecular weight is 403 g/mol. The molecule has 3 N–H and O–H groups in total. The number of aromatic amines is 1. The van der Waals surface area contributed by atoms with Gasteiger partial charge in [-0.1, -0.05) is 42.5 Å². The van der Waals surface area contributed by atoms with Gasteiger partial charge in [0, 0.05) is 34.3 Å². The second-order valence-corrected chi connectivity index (χ2v) is 8.52. The lowest BCUT2D eigenvalue weighted by atomic mass is 9.81. The van der Waals surface area contributed by atoms with Crippen molar-refractivity contribution in [3.63, 3.8) is 0 Å². The van der Waals surface area contributed by atoms with Gasteiger partial charge in [0.05, 0.1) is 22.6 Å². The van der Waals surface area contributed by atoms with Crippen LogP contribution in [0.3, 0.4) is 0 Å². The van der Waals surface area contributed by atoms with Crippen LogP contribution < -0.4 is 5.32 Å². The average Bonchev–Trinajstić information content (AvgIpc) is 3.39. The number of carbonyl (C=O) groups is 1. The number of hydrogen-bond donors (Lipinski definition) is 3. The van der Waals surface area contributed by atoms with Gasteiger partial charge in [0.2, 0.25) is 0 Å². The standard InChI is InChI=1S/C24H19ClN2O2/c1-24(29,11-25)21-13-7-3-2-6-12(13)18-19-15(10-26-23(19)28)17-14-8-4-5-9-16(14)27-22(17)20(18)21/h2-9,21,27,29H,10-11H2,1H3,(H,26,28). The van der Waals surface area contributed by atoms with E-state index < -0.39 is 5.60 Å². The minimum atomic E-state index is -1.16. The van der Waals surface area contributed by atoms with Crippen LogP contribution in [0.15, 0.2) is 48.5 Å². The summed E-state index contributed by atoms with van der Waals surface area (Å²) in [6.07, 6.45) is 0. The molecule has 0 fully saturated rings. The summed E-state index contributed by atoms with van der Waals surface area (Å²) in [6, 6.07) is 16.2. The quantitative estimate of drug-likeness (QED) is 0.427. The second kappa shape index (κ2) is 5.62. The van der Waals surface area contributed by atoms with E-state index in [2.05, 4.69) is 22.4 Å². The van der Waals surface area contributed by atoms with E-state index in [1.165, 1.54) is 0 Å². The van der Waals surface area contributed by atoms with Gasteiger partial charge < -0.3 is 15.4 Å². The number of amides is 1. The molecule has 0 bridgehead atoms. The molecule has 4 nitrogen and oxygen atoms in total. The molecule has 0 saturated carbocycles. The Morgan fingerprint density at radius 2 is 1.90 bits per heavy atom. The third kappa shape index (κ3) is 2.05. The zero-order valence-corrected chi connectivity index (χ0v) is 16.6. The molecule has 4 aromatic rings. The van der Waals surface area contributed by atoms with Crippen LogP contribution in [0.5, 0.6) is 0 Å². The van der Waals surface area contributed by atoms with Crippen LogP contribution in [-0.4, -0.2) is 27.5 Å². The van der Waals surface area contributed by atoms with Gasteiger partial charge in [0.25, 0.3) is 5.91 Å². The Morgan fingerprint density at radius 1 is 1.14 bits per heavy atom. The van der Waals surface area contributed by atoms with E-state index in [4.69, 9.17) is 11.6 Å². The van der Waals surface area contributed by atoms with Crippen LogP contribution >= 0.6 is 11.6 Å². The summed E-state index contributed by atoms with van der Waals surface area (Å²) in [5, 5.41) is 16.5. The van der Waals surface area contributed by atoms with Crippen molar-refractivity contribution < 1.29 is 9.90 Å². The monoisotopic (exact) mass is 402 g/mol. The van der Waals surface area contributed by atoms with Gasteiger partial charge in [-0.2, -0.15) is 0 Å². The Kier molecular flexibility index (Phi) is 3.31. The number of alkyl halides is 1. The number of rotatable bonds is 2. The lowest BCUT2D eigenvalue weighted by Crippen LogP contribution is -2.34. The number of aliphatic hydroxyl groups is 1. The van der Waals surface area contributed by atoms with Crippen molar-refractivity contribution >= 4 is 39.3 Å². The van der Waals surface area contributed by atoms with Gasteiger partial charge in [0.15, 0.2) is 0 Å². The van der Waals surface area contributed by atoms with E-state index >= 15 is 0 Å². The molecule has 5 heteroatoms. The highest BCUT2D eigenvalue weighted by Crippen LogP contribution is 2.55. The molecule has 0 saturated heterocycles. The number of carbonyl (C=O) groups excluding carboxylic acids is 1. The first-order chi connectivity index (χ1) is 14.0. The maximum Gasteiger partial charge on any atom is 0.252 e. The lowest BCUT2D eigenvalue weighted by molar-refractivity contribution is 0.0680. The molecule has 1 aliphatic carbocycles. The molecule has 2 unspecified atom stereocenters. The Bertz CT molecular complexity index is 1350. The summed E-state index contributed by atoms with van der Waals surface area (Å²) in [7, 11) is 0. The lowest BCUT2D eigenvalue weighted by Gasteiger charge is -2.30. The summed E-state index contributed by atoms with van der Waals surface area (Å²) in [4.78, 5) is 16.5. The van der Waals surface area contributed by atoms with E-state index in [0.29, 0.717) is 6.54 Å². The van der Waals surface area contributed by atoms with E-state index in [9.17, 15) is 9.90 Å². The minimum Gasteiger partial charge on any atom is -0.388 e. The molecule has 0 radical (unpaired) electrons. The van der Waals surface area contributed by atoms with E-state index in [1.807, 2.05) is 36.4 Å². The number of benzene rings is 3. The van der Waals surface area contributed by atoms with Crippen molar-refractivity contribution in [3.05, 3.63) is 70.8 Å². The number of para-hydroxylation sites is 1. The number of halogens is 1. The Hall–Kier alpha value is -2.82. The molecule has 0 spiro atoms. The maximum absolute atomic E-state index is 13.0. The number of hydrogen-bond acceptors (Lipinski definition) is 2. The van der Waals surface area contributed by atoms with Crippen molar-refractivity contribution in [1.82, 2.24) is 10.3 Å². The molecule has 6 rings (SSSR count). The first-order valence-electron chi connectivity index (χ1n) is 9.78. The van der Waals surface area contributed by atoms with Crippen molar-refractivity contribution in [2.45, 2.75) is 25.0 Å². The van der Waals surface area contributed by atoms with Gasteiger partial charge in [-0.3, -0.25) is 4.79 Å². The molecule has 29 heavy (non-hydrogen) atoms. The van der Waals surface area contributed by atoms with Crippen LogP contribution in [0, 0.1) is 0 Å². The zero-order chi connectivity index (χ0) is 19.9. The molecule has 2 atom stereocenters. The topological polar surface area (TPSA) is 65.1 Å². The molecule has 2 heterocycles. The summed E-state index contributed by atoms with van der Waals surface area (Å²) >= 11 is 6.24. The highest BCUT2D eigenvalue weighted by atomic mass is 35.5. The normalized spacial score (nSPS) is 19.1. The van der Waals surface area contributed by atoms with Gasteiger partial charge in [-0.25, -0.2) is 0 Å². The van der Waals surface area contributed by atoms with Crippen LogP contribution in [-0.2, 0) is 6.54 Å². The molecular weight excluding hydrogens is 384 g/mol. The summed E-state index contributed by atoms with van der Waals surface area (Å²) < 4.78 is 0. The number of fused-ring (bicyclic) bond motifs is 10. The Morgan fingerprint density at radius 3 is 2.72 bits per heavy atom. The highest BCUT2D eigenvalue weighted by Gasteiger charge is 2.45. The van der Waals surface area contributed by atoms with Crippen molar-refractivity contribution in [1.29, 1.82) is 0 Å². The van der Waals surface area contributed by atoms with Crippen LogP contribution in [0.4, 0.5) is 0 Å². The van der Waals surface area contributed by atoms with Crippen molar-refractivity contribution in [2.24, 2.45) is 0 Å². The van der Waals surface area contributed by atoms with Gasteiger partial charge in [0.1, 0.15) is 0 Å². The largest absolute Gasteiger partial charge is 0.388 e. The van der Waals surface area contributed by atoms with Crippen LogP contribution in [0.1, 0.15) is 39.9 Å². The summed E-state index contributed by atoms with van der Waals surface area (Å²) in [6.45, 7) is 2.29. The molecule has 1 aromatic heterocycles. The fourth-order valence-electron chi connectivity index (χ4n) is 5.30. The van der Waals surface area contributed by atoms with Crippen LogP contribution in [0.25, 0.3) is 32.9 Å². The van der Waals surface area contributed by atoms with Crippen LogP contribution in [0.2, 0.25) is 0 Å². The summed E-state index contributed by atoms with van der Waals surface area (Å²) in [5.74, 6) is -0.277. The van der Waals surface area contributed by atoms with Gasteiger partial charge in [-0.05, 0) is 35.2 Å². The zero-order valence-electron chi connectivity index (χ0n) is 15.8. The third-order valence-corrected chi connectivity index (χ3v) is 7.01. The van der Waals surface area contributed by atoms with E-state index in [1.54, 1.807) is 6.92 Å². The van der Waals surface area contributed by atoms with Gasteiger partial charge in [-0.15, -0.1) is 11.6 Å². The van der Waals surface area contributed by atoms with E-state index in [0.717, 1.165) is 55.2 Å². The molecule has 1 amide bonds. The molecule has 144 valence electrons. The molecule has 2 aliphatic rings. The predicted molar refractivity (Wildman–Crippen MR) is 116 cm³/mol. The molecule has 1 aliphatic heterocycles. The predicted octanol–water partition coefficient (Wildman–Crippen LogP) is 4.67. The fourth-order valence-corrected chi connectivity index (χ4v) is 5.46. The fraction of sp³-hybridized carbons (Fsp3) is 0.208. The van der Waals surface area contributed by atoms with Crippen molar-refractivity contribution in [2.75, 3.05) is 5.88 Å². The first-order valence-corrected chi connectivity index (χ1v) is 10.3. The Balaban J connectivity index is 1.87. The third-order valence-electron chi connectivity index (χ3n) is 6.47. The Labute approximate surface area is 172 Å². The van der Waals surface area contributed by atoms with E-state index in [-0.39, 0.29) is 17.7 Å².